The van der Waals surface area contributed by atoms with E-state index in [4.69, 9.17) is 11.2 Å². The van der Waals surface area contributed by atoms with Crippen LogP contribution in [0.25, 0.3) is 0 Å². The van der Waals surface area contributed by atoms with E-state index in [1.165, 1.54) is 0 Å². The van der Waals surface area contributed by atoms with Gasteiger partial charge < -0.3 is 15.4 Å². The van der Waals surface area contributed by atoms with Crippen LogP contribution in [0.1, 0.15) is 22.3 Å². The van der Waals surface area contributed by atoms with Crippen molar-refractivity contribution in [1.82, 2.24) is 5.32 Å². The van der Waals surface area contributed by atoms with Gasteiger partial charge in [0.25, 0.3) is 5.91 Å². The molecule has 0 unspecified atom stereocenters. The lowest BCUT2D eigenvalue weighted by Crippen LogP contribution is -2.29. The number of terminal acetylenes is 1. The van der Waals surface area contributed by atoms with Gasteiger partial charge in [0.05, 0.1) is 12.1 Å². The second-order valence-electron chi connectivity index (χ2n) is 4.48. The summed E-state index contributed by atoms with van der Waals surface area (Å²) in [6.07, 6.45) is 5.96. The Kier molecular flexibility index (Phi) is 4.57. The molecular weight excluding hydrogens is 272 g/mol. The minimum absolute atomic E-state index is 0.0389. The van der Waals surface area contributed by atoms with E-state index in [1.54, 1.807) is 18.2 Å². The van der Waals surface area contributed by atoms with Crippen LogP contribution in [0.2, 0.25) is 0 Å². The molecule has 0 aliphatic carbocycles. The van der Waals surface area contributed by atoms with Gasteiger partial charge in [0, 0.05) is 12.1 Å². The van der Waals surface area contributed by atoms with Gasteiger partial charge in [-0.1, -0.05) is 5.92 Å². The average molecular weight is 286 g/mol. The Morgan fingerprint density at radius 3 is 2.95 bits per heavy atom. The van der Waals surface area contributed by atoms with Gasteiger partial charge >= 0.3 is 5.97 Å². The van der Waals surface area contributed by atoms with E-state index in [9.17, 15) is 14.4 Å². The summed E-state index contributed by atoms with van der Waals surface area (Å²) in [6, 6.07) is 4.87. The lowest BCUT2D eigenvalue weighted by molar-refractivity contribution is -0.124. The highest BCUT2D eigenvalue weighted by atomic mass is 16.5. The molecule has 0 spiro atoms. The van der Waals surface area contributed by atoms with Crippen LogP contribution in [-0.4, -0.2) is 30.9 Å². The number of aryl methyl sites for hydroxylation is 1. The molecule has 2 rings (SSSR count). The van der Waals surface area contributed by atoms with Gasteiger partial charge in [0.15, 0.2) is 6.61 Å². The summed E-state index contributed by atoms with van der Waals surface area (Å²) >= 11 is 0. The first kappa shape index (κ1) is 14.6. The molecule has 0 fully saturated rings. The second-order valence-corrected chi connectivity index (χ2v) is 4.48. The molecule has 0 aromatic heterocycles. The van der Waals surface area contributed by atoms with Crippen LogP contribution in [0.3, 0.4) is 0 Å². The van der Waals surface area contributed by atoms with Crippen molar-refractivity contribution in [2.24, 2.45) is 0 Å². The summed E-state index contributed by atoms with van der Waals surface area (Å²) in [7, 11) is 0. The maximum absolute atomic E-state index is 11.8. The monoisotopic (exact) mass is 286 g/mol. The summed E-state index contributed by atoms with van der Waals surface area (Å²) in [5, 5.41) is 5.12. The first-order chi connectivity index (χ1) is 10.1. The van der Waals surface area contributed by atoms with Gasteiger partial charge in [-0.2, -0.15) is 0 Å². The second kappa shape index (κ2) is 6.57. The molecule has 0 atom stereocenters. The summed E-state index contributed by atoms with van der Waals surface area (Å²) in [5.74, 6) is 1.17. The summed E-state index contributed by atoms with van der Waals surface area (Å²) < 4.78 is 4.89. The Morgan fingerprint density at radius 1 is 1.38 bits per heavy atom. The number of ether oxygens (including phenoxy) is 1. The van der Waals surface area contributed by atoms with Crippen molar-refractivity contribution < 1.29 is 19.1 Å². The predicted molar refractivity (Wildman–Crippen MR) is 75.5 cm³/mol. The fourth-order valence-corrected chi connectivity index (χ4v) is 1.93. The fraction of sp³-hybridized carbons (Fsp3) is 0.267. The maximum atomic E-state index is 11.8. The number of anilines is 1. The van der Waals surface area contributed by atoms with Crippen LogP contribution >= 0.6 is 0 Å². The standard InChI is InChI=1S/C15H14N2O4/c1-2-7-16-14(19)9-21-15(20)11-3-5-12-10(8-11)4-6-13(18)17-12/h1,3,5,8H,4,6-7,9H2,(H,16,19)(H,17,18). The summed E-state index contributed by atoms with van der Waals surface area (Å²) in [4.78, 5) is 34.4. The molecule has 6 heteroatoms. The van der Waals surface area contributed by atoms with E-state index >= 15 is 0 Å². The first-order valence-corrected chi connectivity index (χ1v) is 6.40. The number of nitrogens with one attached hydrogen (secondary N) is 2. The molecule has 1 aliphatic heterocycles. The van der Waals surface area contributed by atoms with Crippen LogP contribution in [0.4, 0.5) is 5.69 Å². The number of fused-ring (bicyclic) bond motifs is 1. The molecule has 1 aromatic rings. The highest BCUT2D eigenvalue weighted by Gasteiger charge is 2.17. The van der Waals surface area contributed by atoms with E-state index in [1.807, 2.05) is 0 Å². The zero-order valence-electron chi connectivity index (χ0n) is 11.3. The molecular formula is C15H14N2O4. The van der Waals surface area contributed by atoms with Crippen LogP contribution in [-0.2, 0) is 20.7 Å². The van der Waals surface area contributed by atoms with E-state index in [0.29, 0.717) is 24.1 Å². The molecule has 1 heterocycles. The zero-order chi connectivity index (χ0) is 15.2. The highest BCUT2D eigenvalue weighted by Crippen LogP contribution is 2.23. The third-order valence-corrected chi connectivity index (χ3v) is 2.96. The van der Waals surface area contributed by atoms with E-state index in [2.05, 4.69) is 16.6 Å². The SMILES string of the molecule is C#CCNC(=O)COC(=O)c1ccc2c(c1)CCC(=O)N2. The Hall–Kier alpha value is -2.81. The molecule has 2 N–H and O–H groups in total. The van der Waals surface area contributed by atoms with E-state index in [0.717, 1.165) is 5.56 Å². The molecule has 1 aromatic carbocycles. The topological polar surface area (TPSA) is 84.5 Å². The van der Waals surface area contributed by atoms with Gasteiger partial charge in [-0.15, -0.1) is 6.42 Å². The Balaban J connectivity index is 1.96. The first-order valence-electron chi connectivity index (χ1n) is 6.40. The van der Waals surface area contributed by atoms with Crippen molar-refractivity contribution in [3.63, 3.8) is 0 Å². The smallest absolute Gasteiger partial charge is 0.338 e. The number of rotatable bonds is 4. The zero-order valence-corrected chi connectivity index (χ0v) is 11.3. The molecule has 2 amide bonds. The molecule has 108 valence electrons. The Morgan fingerprint density at radius 2 is 2.19 bits per heavy atom. The number of hydrogen-bond donors (Lipinski definition) is 2. The molecule has 0 radical (unpaired) electrons. The van der Waals surface area contributed by atoms with E-state index < -0.39 is 11.9 Å². The lowest BCUT2D eigenvalue weighted by atomic mass is 10.0. The molecule has 0 saturated carbocycles. The molecule has 21 heavy (non-hydrogen) atoms. The number of esters is 1. The fourth-order valence-electron chi connectivity index (χ4n) is 1.93. The third-order valence-electron chi connectivity index (χ3n) is 2.96. The quantitative estimate of drug-likeness (QED) is 0.623. The van der Waals surface area contributed by atoms with Crippen LogP contribution < -0.4 is 10.6 Å². The van der Waals surface area contributed by atoms with Crippen LogP contribution in [0, 0.1) is 12.3 Å². The van der Waals surface area contributed by atoms with Crippen molar-refractivity contribution in [2.75, 3.05) is 18.5 Å². The van der Waals surface area contributed by atoms with Crippen molar-refractivity contribution in [3.05, 3.63) is 29.3 Å². The number of carbonyl (C=O) groups excluding carboxylic acids is 3. The van der Waals surface area contributed by atoms with Gasteiger partial charge in [-0.25, -0.2) is 4.79 Å². The number of amides is 2. The summed E-state index contributed by atoms with van der Waals surface area (Å²) in [6.45, 7) is -0.288. The number of carbonyl (C=O) groups is 3. The minimum Gasteiger partial charge on any atom is -0.452 e. The van der Waals surface area contributed by atoms with Crippen molar-refractivity contribution in [2.45, 2.75) is 12.8 Å². The van der Waals surface area contributed by atoms with Gasteiger partial charge in [0.2, 0.25) is 5.91 Å². The summed E-state index contributed by atoms with van der Waals surface area (Å²) in [5.41, 5.74) is 1.92. The van der Waals surface area contributed by atoms with Crippen LogP contribution in [0.5, 0.6) is 0 Å². The Labute approximate surface area is 121 Å². The average Bonchev–Trinajstić information content (AvgIpc) is 2.49. The largest absolute Gasteiger partial charge is 0.452 e. The van der Waals surface area contributed by atoms with Crippen molar-refractivity contribution in [3.8, 4) is 12.3 Å². The van der Waals surface area contributed by atoms with Gasteiger partial charge in [-0.3, -0.25) is 9.59 Å². The Bertz CT molecular complexity index is 631. The number of benzene rings is 1. The van der Waals surface area contributed by atoms with E-state index in [-0.39, 0.29) is 19.1 Å². The highest BCUT2D eigenvalue weighted by molar-refractivity contribution is 5.96. The lowest BCUT2D eigenvalue weighted by Gasteiger charge is -2.17. The van der Waals surface area contributed by atoms with Crippen molar-refractivity contribution in [1.29, 1.82) is 0 Å². The van der Waals surface area contributed by atoms with Gasteiger partial charge in [0.1, 0.15) is 0 Å². The molecule has 0 saturated heterocycles. The normalized spacial score (nSPS) is 12.6. The third kappa shape index (κ3) is 3.83. The van der Waals surface area contributed by atoms with Crippen molar-refractivity contribution >= 4 is 23.5 Å². The molecule has 6 nitrogen and oxygen atoms in total. The predicted octanol–water partition coefficient (Wildman–Crippen LogP) is 0.477. The number of hydrogen-bond acceptors (Lipinski definition) is 4. The molecule has 0 bridgehead atoms. The molecule has 1 aliphatic rings. The van der Waals surface area contributed by atoms with Crippen LogP contribution in [0.15, 0.2) is 18.2 Å². The van der Waals surface area contributed by atoms with Gasteiger partial charge in [-0.05, 0) is 30.2 Å². The minimum atomic E-state index is -0.592. The maximum Gasteiger partial charge on any atom is 0.338 e.